The SMILES string of the molecule is CC(=NC1=C(C)C=CCC1C)c1cccc(C(C)=NC2=C(C)C=CC[C@H]2C)n1. The van der Waals surface area contributed by atoms with Gasteiger partial charge in [-0.05, 0) is 63.8 Å². The van der Waals surface area contributed by atoms with Gasteiger partial charge in [-0.1, -0.05) is 44.2 Å². The van der Waals surface area contributed by atoms with Gasteiger partial charge in [0.2, 0.25) is 0 Å². The summed E-state index contributed by atoms with van der Waals surface area (Å²) in [5, 5.41) is 0. The number of pyridine rings is 1. The third kappa shape index (κ3) is 4.46. The summed E-state index contributed by atoms with van der Waals surface area (Å²) in [5.74, 6) is 0.893. The highest BCUT2D eigenvalue weighted by molar-refractivity contribution is 6.01. The molecule has 0 saturated heterocycles. The molecule has 0 bridgehead atoms. The van der Waals surface area contributed by atoms with Gasteiger partial charge in [0.1, 0.15) is 0 Å². The van der Waals surface area contributed by atoms with Crippen LogP contribution in [0, 0.1) is 11.8 Å². The number of nitrogens with zero attached hydrogens (tertiary/aromatic N) is 3. The molecule has 0 aromatic carbocycles. The zero-order valence-electron chi connectivity index (χ0n) is 18.0. The van der Waals surface area contributed by atoms with Crippen molar-refractivity contribution < 1.29 is 0 Å². The molecular weight excluding hydrogens is 342 g/mol. The molecule has 1 aromatic rings. The van der Waals surface area contributed by atoms with Crippen molar-refractivity contribution in [1.29, 1.82) is 0 Å². The van der Waals surface area contributed by atoms with Gasteiger partial charge in [0.25, 0.3) is 0 Å². The fraction of sp³-hybridized carbons (Fsp3) is 0.400. The molecule has 0 N–H and O–H groups in total. The van der Waals surface area contributed by atoms with Crippen LogP contribution in [0.15, 0.2) is 75.0 Å². The third-order valence-corrected chi connectivity index (χ3v) is 5.52. The Morgan fingerprint density at radius 3 is 1.64 bits per heavy atom. The zero-order valence-corrected chi connectivity index (χ0v) is 18.0. The molecule has 1 unspecified atom stereocenters. The highest BCUT2D eigenvalue weighted by Crippen LogP contribution is 2.27. The van der Waals surface area contributed by atoms with Gasteiger partial charge in [-0.3, -0.25) is 9.98 Å². The summed E-state index contributed by atoms with van der Waals surface area (Å²) >= 11 is 0. The van der Waals surface area contributed by atoms with E-state index in [1.807, 2.05) is 32.0 Å². The second kappa shape index (κ2) is 8.64. The minimum Gasteiger partial charge on any atom is -0.255 e. The van der Waals surface area contributed by atoms with E-state index in [9.17, 15) is 0 Å². The number of aliphatic imine (C=N–C) groups is 2. The molecule has 146 valence electrons. The van der Waals surface area contributed by atoms with Crippen molar-refractivity contribution in [2.75, 3.05) is 0 Å². The second-order valence-corrected chi connectivity index (χ2v) is 8.02. The zero-order chi connectivity index (χ0) is 20.3. The smallest absolute Gasteiger partial charge is 0.0849 e. The maximum absolute atomic E-state index is 4.93. The number of rotatable bonds is 4. The van der Waals surface area contributed by atoms with E-state index >= 15 is 0 Å². The van der Waals surface area contributed by atoms with Crippen LogP contribution in [-0.2, 0) is 0 Å². The van der Waals surface area contributed by atoms with Crippen LogP contribution in [0.4, 0.5) is 0 Å². The standard InChI is InChI=1S/C25H31N3/c1-16-10-7-11-17(2)24(16)26-20(5)22-14-9-15-23(28-22)21(6)27-25-18(3)12-8-13-19(25)4/h7-10,12,14-15,17,19H,11,13H2,1-6H3/t17-,19?/m1/s1. The van der Waals surface area contributed by atoms with Gasteiger partial charge >= 0.3 is 0 Å². The molecule has 3 rings (SSSR count). The Kier molecular flexibility index (Phi) is 6.23. The van der Waals surface area contributed by atoms with Gasteiger partial charge in [0.15, 0.2) is 0 Å². The van der Waals surface area contributed by atoms with Gasteiger partial charge in [0.05, 0.1) is 22.8 Å². The minimum atomic E-state index is 0.446. The largest absolute Gasteiger partial charge is 0.255 e. The van der Waals surface area contributed by atoms with Crippen molar-refractivity contribution in [3.05, 3.63) is 76.4 Å². The van der Waals surface area contributed by atoms with E-state index in [4.69, 9.17) is 15.0 Å². The Balaban J connectivity index is 1.92. The fourth-order valence-electron chi connectivity index (χ4n) is 3.78. The Labute approximate surface area is 169 Å². The van der Waals surface area contributed by atoms with Crippen LogP contribution in [0.25, 0.3) is 0 Å². The van der Waals surface area contributed by atoms with E-state index in [1.54, 1.807) is 0 Å². The highest BCUT2D eigenvalue weighted by atomic mass is 14.9. The van der Waals surface area contributed by atoms with E-state index in [-0.39, 0.29) is 0 Å². The van der Waals surface area contributed by atoms with Gasteiger partial charge in [0, 0.05) is 23.2 Å². The Hall–Kier alpha value is -2.55. The molecule has 0 aliphatic heterocycles. The van der Waals surface area contributed by atoms with Crippen LogP contribution < -0.4 is 0 Å². The van der Waals surface area contributed by atoms with E-state index in [0.717, 1.165) is 35.7 Å². The van der Waals surface area contributed by atoms with Gasteiger partial charge in [-0.25, -0.2) is 4.98 Å². The molecule has 2 atom stereocenters. The van der Waals surface area contributed by atoms with E-state index in [2.05, 4.69) is 52.0 Å². The maximum Gasteiger partial charge on any atom is 0.0849 e. The third-order valence-electron chi connectivity index (χ3n) is 5.52. The lowest BCUT2D eigenvalue weighted by Crippen LogP contribution is -2.10. The molecule has 1 aromatic heterocycles. The summed E-state index contributed by atoms with van der Waals surface area (Å²) in [6.07, 6.45) is 10.9. The average Bonchev–Trinajstić information content (AvgIpc) is 2.67. The Morgan fingerprint density at radius 2 is 1.25 bits per heavy atom. The van der Waals surface area contributed by atoms with Gasteiger partial charge in [-0.2, -0.15) is 0 Å². The van der Waals surface area contributed by atoms with Crippen LogP contribution in [-0.4, -0.2) is 16.4 Å². The van der Waals surface area contributed by atoms with Gasteiger partial charge in [-0.15, -0.1) is 0 Å². The quantitative estimate of drug-likeness (QED) is 0.560. The van der Waals surface area contributed by atoms with Crippen LogP contribution in [0.3, 0.4) is 0 Å². The van der Waals surface area contributed by atoms with E-state index < -0.39 is 0 Å². The monoisotopic (exact) mass is 373 g/mol. The topological polar surface area (TPSA) is 37.6 Å². The summed E-state index contributed by atoms with van der Waals surface area (Å²) < 4.78 is 0. The molecule has 0 fully saturated rings. The first-order valence-electron chi connectivity index (χ1n) is 10.2. The van der Waals surface area contributed by atoms with Gasteiger partial charge < -0.3 is 0 Å². The highest BCUT2D eigenvalue weighted by Gasteiger charge is 2.15. The minimum absolute atomic E-state index is 0.446. The number of hydrogen-bond acceptors (Lipinski definition) is 3. The lowest BCUT2D eigenvalue weighted by Gasteiger charge is -2.18. The summed E-state index contributed by atoms with van der Waals surface area (Å²) in [6.45, 7) is 12.8. The van der Waals surface area contributed by atoms with Crippen molar-refractivity contribution in [3.63, 3.8) is 0 Å². The normalized spacial score (nSPS) is 23.6. The Bertz CT molecular complexity index is 865. The molecule has 3 heteroatoms. The summed E-state index contributed by atoms with van der Waals surface area (Å²) in [5.41, 5.74) is 8.56. The van der Waals surface area contributed by atoms with Crippen LogP contribution in [0.1, 0.15) is 65.8 Å². The lowest BCUT2D eigenvalue weighted by molar-refractivity contribution is 0.669. The molecule has 2 aliphatic carbocycles. The first-order valence-corrected chi connectivity index (χ1v) is 10.2. The molecule has 0 spiro atoms. The first kappa shape index (κ1) is 20.2. The number of allylic oxidation sites excluding steroid dienone is 8. The number of aromatic nitrogens is 1. The lowest BCUT2D eigenvalue weighted by atomic mass is 9.94. The molecule has 1 heterocycles. The van der Waals surface area contributed by atoms with Crippen molar-refractivity contribution in [1.82, 2.24) is 4.98 Å². The fourth-order valence-corrected chi connectivity index (χ4v) is 3.78. The van der Waals surface area contributed by atoms with Crippen LogP contribution >= 0.6 is 0 Å². The Morgan fingerprint density at radius 1 is 0.821 bits per heavy atom. The summed E-state index contributed by atoms with van der Waals surface area (Å²) in [6, 6.07) is 6.11. The predicted octanol–water partition coefficient (Wildman–Crippen LogP) is 6.44. The molecule has 0 amide bonds. The molecule has 0 radical (unpaired) electrons. The van der Waals surface area contributed by atoms with Crippen LogP contribution in [0.2, 0.25) is 0 Å². The molecule has 3 nitrogen and oxygen atoms in total. The molecule has 0 saturated carbocycles. The van der Waals surface area contributed by atoms with Crippen molar-refractivity contribution >= 4 is 11.4 Å². The van der Waals surface area contributed by atoms with Crippen LogP contribution in [0.5, 0.6) is 0 Å². The number of hydrogen-bond donors (Lipinski definition) is 0. The van der Waals surface area contributed by atoms with E-state index in [0.29, 0.717) is 11.8 Å². The average molecular weight is 374 g/mol. The first-order chi connectivity index (χ1) is 13.4. The maximum atomic E-state index is 4.93. The summed E-state index contributed by atoms with van der Waals surface area (Å²) in [4.78, 5) is 14.7. The molecule has 2 aliphatic rings. The van der Waals surface area contributed by atoms with E-state index in [1.165, 1.54) is 22.5 Å². The predicted molar refractivity (Wildman–Crippen MR) is 120 cm³/mol. The van der Waals surface area contributed by atoms with Crippen molar-refractivity contribution in [3.8, 4) is 0 Å². The summed E-state index contributed by atoms with van der Waals surface area (Å²) in [7, 11) is 0. The molecule has 28 heavy (non-hydrogen) atoms. The second-order valence-electron chi connectivity index (χ2n) is 8.02. The van der Waals surface area contributed by atoms with Crippen molar-refractivity contribution in [2.24, 2.45) is 21.8 Å². The van der Waals surface area contributed by atoms with Crippen molar-refractivity contribution in [2.45, 2.75) is 54.4 Å². The molecular formula is C25H31N3.